The van der Waals surface area contributed by atoms with Gasteiger partial charge in [-0.1, -0.05) is 11.6 Å². The molecule has 1 aliphatic rings. The highest BCUT2D eigenvalue weighted by Crippen LogP contribution is 2.16. The summed E-state index contributed by atoms with van der Waals surface area (Å²) in [6.07, 6.45) is 3.44. The number of nitrogens with zero attached hydrogens (tertiary/aromatic N) is 1. The summed E-state index contributed by atoms with van der Waals surface area (Å²) in [7, 11) is 0. The first-order chi connectivity index (χ1) is 4.68. The fourth-order valence-electron chi connectivity index (χ4n) is 0.442. The number of halogens is 3. The van der Waals surface area contributed by atoms with Gasteiger partial charge in [-0.05, 0) is 40.3 Å². The number of hydrogen-bond donors (Lipinski definition) is 1. The van der Waals surface area contributed by atoms with Crippen LogP contribution in [0.25, 0.3) is 0 Å². The Bertz CT molecular complexity index is 232. The van der Waals surface area contributed by atoms with Crippen molar-refractivity contribution < 1.29 is 0 Å². The van der Waals surface area contributed by atoms with Gasteiger partial charge in [0.1, 0.15) is 5.16 Å². The Labute approximate surface area is 82.1 Å². The highest BCUT2D eigenvalue weighted by molar-refractivity contribution is 14.1. The van der Waals surface area contributed by atoms with Crippen molar-refractivity contribution in [2.75, 3.05) is 0 Å². The molecule has 1 rings (SSSR count). The second kappa shape index (κ2) is 3.59. The van der Waals surface area contributed by atoms with E-state index in [0.717, 1.165) is 3.58 Å². The SMILES string of the molecule is ClC1=CC(I)=CNC(Cl)=N1. The summed E-state index contributed by atoms with van der Waals surface area (Å²) in [5.74, 6) is 0. The van der Waals surface area contributed by atoms with Gasteiger partial charge >= 0.3 is 0 Å². The molecule has 0 radical (unpaired) electrons. The van der Waals surface area contributed by atoms with Crippen molar-refractivity contribution in [3.8, 4) is 0 Å². The molecule has 5 heteroatoms. The van der Waals surface area contributed by atoms with Crippen LogP contribution in [0.15, 0.2) is 26.0 Å². The van der Waals surface area contributed by atoms with Gasteiger partial charge < -0.3 is 5.32 Å². The van der Waals surface area contributed by atoms with Crippen molar-refractivity contribution in [2.45, 2.75) is 0 Å². The number of rotatable bonds is 0. The Balaban J connectivity index is 2.90. The second-order valence-electron chi connectivity index (χ2n) is 1.54. The minimum Gasteiger partial charge on any atom is -0.336 e. The molecule has 54 valence electrons. The van der Waals surface area contributed by atoms with Gasteiger partial charge in [0.05, 0.1) is 0 Å². The molecule has 1 aliphatic heterocycles. The Morgan fingerprint density at radius 1 is 1.50 bits per heavy atom. The van der Waals surface area contributed by atoms with Gasteiger partial charge in [0.15, 0.2) is 0 Å². The van der Waals surface area contributed by atoms with Crippen LogP contribution in [-0.4, -0.2) is 5.29 Å². The smallest absolute Gasteiger partial charge is 0.201 e. The number of aliphatic imine (C=N–C) groups is 1. The fourth-order valence-corrected chi connectivity index (χ4v) is 1.47. The van der Waals surface area contributed by atoms with E-state index >= 15 is 0 Å². The lowest BCUT2D eigenvalue weighted by Crippen LogP contribution is -2.08. The Hall–Kier alpha value is 0.260. The lowest BCUT2D eigenvalue weighted by Gasteiger charge is -1.90. The molecule has 0 bridgehead atoms. The largest absolute Gasteiger partial charge is 0.336 e. The number of nitrogens with one attached hydrogen (secondary N) is 1. The Morgan fingerprint density at radius 3 is 2.90 bits per heavy atom. The second-order valence-corrected chi connectivity index (χ2v) is 3.53. The van der Waals surface area contributed by atoms with Gasteiger partial charge in [-0.25, -0.2) is 4.99 Å². The molecule has 1 N–H and O–H groups in total. The first-order valence-corrected chi connectivity index (χ1v) is 4.25. The van der Waals surface area contributed by atoms with Crippen molar-refractivity contribution in [1.82, 2.24) is 5.32 Å². The molecule has 0 spiro atoms. The molecule has 1 heterocycles. The lowest BCUT2D eigenvalue weighted by molar-refractivity contribution is 1.30. The van der Waals surface area contributed by atoms with Crippen molar-refractivity contribution >= 4 is 51.1 Å². The van der Waals surface area contributed by atoms with Gasteiger partial charge in [-0.3, -0.25) is 0 Å². The summed E-state index contributed by atoms with van der Waals surface area (Å²) >= 11 is 13.3. The van der Waals surface area contributed by atoms with Gasteiger partial charge in [0.2, 0.25) is 5.29 Å². The van der Waals surface area contributed by atoms with Crippen molar-refractivity contribution in [3.63, 3.8) is 0 Å². The topological polar surface area (TPSA) is 24.4 Å². The average molecular weight is 289 g/mol. The van der Waals surface area contributed by atoms with Crippen LogP contribution in [0.3, 0.4) is 0 Å². The number of allylic oxidation sites excluding steroid dienone is 2. The summed E-state index contributed by atoms with van der Waals surface area (Å²) < 4.78 is 0.960. The van der Waals surface area contributed by atoms with E-state index in [0.29, 0.717) is 5.16 Å². The highest BCUT2D eigenvalue weighted by Gasteiger charge is 1.98. The molecule has 0 aromatic rings. The molecule has 0 unspecified atom stereocenters. The van der Waals surface area contributed by atoms with E-state index < -0.39 is 0 Å². The van der Waals surface area contributed by atoms with Gasteiger partial charge in [0.25, 0.3) is 0 Å². The van der Waals surface area contributed by atoms with Gasteiger partial charge in [-0.2, -0.15) is 0 Å². The zero-order chi connectivity index (χ0) is 7.56. The van der Waals surface area contributed by atoms with E-state index in [9.17, 15) is 0 Å². The monoisotopic (exact) mass is 288 g/mol. The molecule has 0 aromatic heterocycles. The first-order valence-electron chi connectivity index (χ1n) is 2.42. The minimum absolute atomic E-state index is 0.285. The van der Waals surface area contributed by atoms with E-state index in [2.05, 4.69) is 32.9 Å². The Morgan fingerprint density at radius 2 is 2.20 bits per heavy atom. The molecule has 0 saturated carbocycles. The number of hydrogen-bond acceptors (Lipinski definition) is 2. The number of amidine groups is 1. The van der Waals surface area contributed by atoms with Crippen LogP contribution in [0.2, 0.25) is 0 Å². The van der Waals surface area contributed by atoms with Crippen LogP contribution in [0, 0.1) is 0 Å². The maximum absolute atomic E-state index is 5.61. The molecular formula is C5H3Cl2IN2. The van der Waals surface area contributed by atoms with Crippen LogP contribution in [0.5, 0.6) is 0 Å². The van der Waals surface area contributed by atoms with Gasteiger partial charge in [-0.15, -0.1) is 0 Å². The zero-order valence-electron chi connectivity index (χ0n) is 4.74. The van der Waals surface area contributed by atoms with Crippen molar-refractivity contribution in [1.29, 1.82) is 0 Å². The molecular weight excluding hydrogens is 286 g/mol. The third kappa shape index (κ3) is 2.48. The summed E-state index contributed by atoms with van der Waals surface area (Å²) in [6, 6.07) is 0. The molecule has 0 saturated heterocycles. The van der Waals surface area contributed by atoms with E-state index in [1.165, 1.54) is 0 Å². The summed E-state index contributed by atoms with van der Waals surface area (Å²) in [6.45, 7) is 0. The van der Waals surface area contributed by atoms with Crippen LogP contribution in [0.4, 0.5) is 0 Å². The first kappa shape index (κ1) is 8.36. The fraction of sp³-hybridized carbons (Fsp3) is 0. The van der Waals surface area contributed by atoms with Crippen molar-refractivity contribution in [2.24, 2.45) is 4.99 Å². The van der Waals surface area contributed by atoms with Gasteiger partial charge in [0, 0.05) is 9.78 Å². The standard InChI is InChI=1S/C5H3Cl2IN2/c6-4-1-3(8)2-9-5(7)10-4/h1-2H,(H,9,10). The third-order valence-corrected chi connectivity index (χ3v) is 1.80. The Kier molecular flexibility index (Phi) is 3.00. The van der Waals surface area contributed by atoms with E-state index in [4.69, 9.17) is 23.2 Å². The molecule has 0 aromatic carbocycles. The molecule has 10 heavy (non-hydrogen) atoms. The maximum atomic E-state index is 5.61. The maximum Gasteiger partial charge on any atom is 0.201 e. The van der Waals surface area contributed by atoms with E-state index in [1.54, 1.807) is 12.3 Å². The van der Waals surface area contributed by atoms with E-state index in [-0.39, 0.29) is 5.29 Å². The van der Waals surface area contributed by atoms with Crippen LogP contribution >= 0.6 is 45.8 Å². The van der Waals surface area contributed by atoms with Crippen LogP contribution in [-0.2, 0) is 0 Å². The molecule has 0 aliphatic carbocycles. The molecule has 0 atom stereocenters. The normalized spacial score (nSPS) is 18.1. The van der Waals surface area contributed by atoms with Crippen molar-refractivity contribution in [3.05, 3.63) is 21.0 Å². The van der Waals surface area contributed by atoms with E-state index in [1.807, 2.05) is 0 Å². The predicted molar refractivity (Wildman–Crippen MR) is 52.5 cm³/mol. The summed E-state index contributed by atoms with van der Waals surface area (Å²) in [5, 5.41) is 3.40. The summed E-state index contributed by atoms with van der Waals surface area (Å²) in [5.41, 5.74) is 0. The lowest BCUT2D eigenvalue weighted by atomic mass is 10.6. The predicted octanol–water partition coefficient (Wildman–Crippen LogP) is 2.54. The minimum atomic E-state index is 0.285. The summed E-state index contributed by atoms with van der Waals surface area (Å²) in [4.78, 5) is 3.77. The average Bonchev–Trinajstić information content (AvgIpc) is 1.93. The quantitative estimate of drug-likeness (QED) is 0.538. The highest BCUT2D eigenvalue weighted by atomic mass is 127. The third-order valence-electron chi connectivity index (χ3n) is 0.791. The molecule has 0 amide bonds. The van der Waals surface area contributed by atoms with Crippen LogP contribution in [0.1, 0.15) is 0 Å². The molecule has 2 nitrogen and oxygen atoms in total. The molecule has 0 fully saturated rings. The zero-order valence-corrected chi connectivity index (χ0v) is 8.41. The van der Waals surface area contributed by atoms with Crippen LogP contribution < -0.4 is 5.32 Å².